The average Bonchev–Trinajstić information content (AvgIpc) is 3.26. The minimum Gasteiger partial charge on any atom is -0.478 e. The van der Waals surface area contributed by atoms with Crippen molar-refractivity contribution in [2.45, 2.75) is 6.92 Å². The molecule has 0 saturated carbocycles. The first-order valence-corrected chi connectivity index (χ1v) is 10.2. The summed E-state index contributed by atoms with van der Waals surface area (Å²) in [5, 5.41) is 26.0. The molecule has 3 rings (SSSR count). The molecule has 0 spiro atoms. The maximum Gasteiger partial charge on any atom is 0.339 e. The molecule has 0 atom stereocenters. The molecular weight excluding hydrogens is 418 g/mol. The Morgan fingerprint density at radius 1 is 1.21 bits per heavy atom. The van der Waals surface area contributed by atoms with Crippen molar-refractivity contribution >= 4 is 62.6 Å². The van der Waals surface area contributed by atoms with Crippen LogP contribution in [0, 0.1) is 5.41 Å². The first-order valence-electron chi connectivity index (χ1n) is 8.11. The third-order valence-electron chi connectivity index (χ3n) is 3.95. The van der Waals surface area contributed by atoms with Gasteiger partial charge in [-0.1, -0.05) is 23.7 Å². The predicted octanol–water partition coefficient (Wildman–Crippen LogP) is 5.51. The van der Waals surface area contributed by atoms with E-state index in [9.17, 15) is 14.7 Å². The van der Waals surface area contributed by atoms with E-state index in [1.807, 2.05) is 0 Å². The number of carboxylic acid groups (broad SMARTS) is 1. The molecule has 6 nitrogen and oxygen atoms in total. The van der Waals surface area contributed by atoms with Crippen molar-refractivity contribution in [1.29, 1.82) is 5.41 Å². The van der Waals surface area contributed by atoms with Crippen molar-refractivity contribution in [2.75, 3.05) is 17.7 Å². The second-order valence-electron chi connectivity index (χ2n) is 5.85. The van der Waals surface area contributed by atoms with Crippen LogP contribution in [0.15, 0.2) is 35.7 Å². The van der Waals surface area contributed by atoms with Gasteiger partial charge in [-0.05, 0) is 30.7 Å². The van der Waals surface area contributed by atoms with Crippen molar-refractivity contribution in [3.63, 3.8) is 0 Å². The lowest BCUT2D eigenvalue weighted by Gasteiger charge is -2.05. The lowest BCUT2D eigenvalue weighted by molar-refractivity contribution is 0.0699. The van der Waals surface area contributed by atoms with Gasteiger partial charge in [-0.25, -0.2) is 4.79 Å². The molecule has 0 unspecified atom stereocenters. The number of carbonyl (C=O) groups excluding carboxylic acids is 1. The van der Waals surface area contributed by atoms with Gasteiger partial charge in [0.15, 0.2) is 0 Å². The number of rotatable bonds is 6. The maximum absolute atomic E-state index is 12.7. The van der Waals surface area contributed by atoms with E-state index < -0.39 is 11.9 Å². The molecular formula is C19H16ClN3O3S2. The van der Waals surface area contributed by atoms with Crippen molar-refractivity contribution < 1.29 is 14.7 Å². The fraction of sp³-hybridized carbons (Fsp3) is 0.105. The van der Waals surface area contributed by atoms with Crippen LogP contribution in [0.25, 0.3) is 10.4 Å². The Kier molecular flexibility index (Phi) is 5.83. The Bertz CT molecular complexity index is 1070. The van der Waals surface area contributed by atoms with Gasteiger partial charge in [-0.2, -0.15) is 0 Å². The van der Waals surface area contributed by atoms with Crippen LogP contribution in [0.4, 0.5) is 10.7 Å². The molecule has 144 valence electrons. The number of halogens is 1. The zero-order valence-corrected chi connectivity index (χ0v) is 17.3. The van der Waals surface area contributed by atoms with E-state index in [1.54, 1.807) is 49.7 Å². The number of anilines is 2. The molecule has 9 heteroatoms. The smallest absolute Gasteiger partial charge is 0.339 e. The van der Waals surface area contributed by atoms with Crippen molar-refractivity contribution in [3.05, 3.63) is 56.7 Å². The van der Waals surface area contributed by atoms with Crippen LogP contribution in [-0.2, 0) is 0 Å². The Morgan fingerprint density at radius 2 is 1.89 bits per heavy atom. The molecule has 28 heavy (non-hydrogen) atoms. The molecule has 0 saturated heterocycles. The van der Waals surface area contributed by atoms with Gasteiger partial charge in [0.05, 0.1) is 20.4 Å². The second-order valence-corrected chi connectivity index (χ2v) is 8.22. The summed E-state index contributed by atoms with van der Waals surface area (Å²) in [7, 11) is 1.72. The van der Waals surface area contributed by atoms with Crippen LogP contribution < -0.4 is 10.6 Å². The number of hydrogen-bond acceptors (Lipinski definition) is 6. The summed E-state index contributed by atoms with van der Waals surface area (Å²) < 4.78 is 0. The standard InChI is InChI=1S/C19H16ClN3O3S2/c1-9(21)12-7-14(28-18(12)22-2)17(24)23-13-8-27-16(15(13)19(25)26)10-3-5-11(20)6-4-10/h3-8,21-22H,1-2H3,(H,23,24)(H,25,26). The largest absolute Gasteiger partial charge is 0.478 e. The summed E-state index contributed by atoms with van der Waals surface area (Å²) in [6.45, 7) is 1.64. The number of carbonyl (C=O) groups is 2. The van der Waals surface area contributed by atoms with E-state index in [-0.39, 0.29) is 11.3 Å². The van der Waals surface area contributed by atoms with Crippen LogP contribution in [-0.4, -0.2) is 29.7 Å². The Balaban J connectivity index is 1.94. The van der Waals surface area contributed by atoms with E-state index >= 15 is 0 Å². The van der Waals surface area contributed by atoms with E-state index in [1.165, 1.54) is 22.7 Å². The van der Waals surface area contributed by atoms with Gasteiger partial charge in [0, 0.05) is 28.7 Å². The van der Waals surface area contributed by atoms with Gasteiger partial charge in [0.1, 0.15) is 5.56 Å². The number of aromatic carboxylic acids is 1. The molecule has 0 aliphatic heterocycles. The Hall–Kier alpha value is -2.68. The first-order chi connectivity index (χ1) is 13.3. The number of hydrogen-bond donors (Lipinski definition) is 4. The topological polar surface area (TPSA) is 102 Å². The Morgan fingerprint density at radius 3 is 2.43 bits per heavy atom. The molecule has 1 amide bonds. The average molecular weight is 434 g/mol. The normalized spacial score (nSPS) is 10.5. The molecule has 2 heterocycles. The van der Waals surface area contributed by atoms with E-state index in [2.05, 4.69) is 10.6 Å². The minimum atomic E-state index is -1.13. The first kappa shape index (κ1) is 20.1. The molecule has 0 aliphatic carbocycles. The number of benzene rings is 1. The van der Waals surface area contributed by atoms with Crippen LogP contribution in [0.3, 0.4) is 0 Å². The quantitative estimate of drug-likeness (QED) is 0.385. The fourth-order valence-corrected chi connectivity index (χ4v) is 4.72. The van der Waals surface area contributed by atoms with Gasteiger partial charge >= 0.3 is 5.97 Å². The third kappa shape index (κ3) is 3.94. The van der Waals surface area contributed by atoms with E-state index in [0.29, 0.717) is 36.6 Å². The van der Waals surface area contributed by atoms with Gasteiger partial charge in [-0.3, -0.25) is 4.79 Å². The molecule has 0 fully saturated rings. The third-order valence-corrected chi connectivity index (χ3v) is 6.38. The van der Waals surface area contributed by atoms with E-state index in [0.717, 1.165) is 0 Å². The molecule has 4 N–H and O–H groups in total. The summed E-state index contributed by atoms with van der Waals surface area (Å²) in [4.78, 5) is 25.5. The highest BCUT2D eigenvalue weighted by atomic mass is 35.5. The van der Waals surface area contributed by atoms with Crippen molar-refractivity contribution in [3.8, 4) is 10.4 Å². The number of amides is 1. The SMILES string of the molecule is CNc1sc(C(=O)Nc2csc(-c3ccc(Cl)cc3)c2C(=O)O)cc1C(C)=N. The predicted molar refractivity (Wildman–Crippen MR) is 116 cm³/mol. The summed E-state index contributed by atoms with van der Waals surface area (Å²) in [6.07, 6.45) is 0. The van der Waals surface area contributed by atoms with Crippen LogP contribution in [0.1, 0.15) is 32.5 Å². The van der Waals surface area contributed by atoms with Gasteiger partial charge in [0.25, 0.3) is 5.91 Å². The second kappa shape index (κ2) is 8.14. The molecule has 0 aliphatic rings. The summed E-state index contributed by atoms with van der Waals surface area (Å²) in [5.74, 6) is -1.54. The zero-order valence-electron chi connectivity index (χ0n) is 14.9. The highest BCUT2D eigenvalue weighted by Gasteiger charge is 2.23. The maximum atomic E-state index is 12.7. The number of thiophene rings is 2. The van der Waals surface area contributed by atoms with Crippen molar-refractivity contribution in [2.24, 2.45) is 0 Å². The number of carboxylic acids is 1. The van der Waals surface area contributed by atoms with Crippen LogP contribution >= 0.6 is 34.3 Å². The van der Waals surface area contributed by atoms with Crippen LogP contribution in [0.2, 0.25) is 5.02 Å². The fourth-order valence-electron chi connectivity index (χ4n) is 2.63. The summed E-state index contributed by atoms with van der Waals surface area (Å²) in [6, 6.07) is 8.48. The van der Waals surface area contributed by atoms with Gasteiger partial charge in [-0.15, -0.1) is 22.7 Å². The van der Waals surface area contributed by atoms with Crippen molar-refractivity contribution in [1.82, 2.24) is 0 Å². The summed E-state index contributed by atoms with van der Waals surface area (Å²) >= 11 is 8.35. The lowest BCUT2D eigenvalue weighted by atomic mass is 10.1. The summed E-state index contributed by atoms with van der Waals surface area (Å²) in [5.41, 5.74) is 1.96. The highest BCUT2D eigenvalue weighted by molar-refractivity contribution is 7.18. The molecule has 2 aromatic heterocycles. The van der Waals surface area contributed by atoms with Crippen LogP contribution in [0.5, 0.6) is 0 Å². The monoisotopic (exact) mass is 433 g/mol. The molecule has 1 aromatic carbocycles. The van der Waals surface area contributed by atoms with Gasteiger partial charge in [0.2, 0.25) is 0 Å². The molecule has 0 radical (unpaired) electrons. The minimum absolute atomic E-state index is 0.0366. The molecule has 3 aromatic rings. The zero-order chi connectivity index (χ0) is 20.4. The Labute approximate surface area is 174 Å². The van der Waals surface area contributed by atoms with Gasteiger partial charge < -0.3 is 21.1 Å². The molecule has 0 bridgehead atoms. The highest BCUT2D eigenvalue weighted by Crippen LogP contribution is 2.37. The lowest BCUT2D eigenvalue weighted by Crippen LogP contribution is -2.12. The number of nitrogens with one attached hydrogen (secondary N) is 3. The van der Waals surface area contributed by atoms with E-state index in [4.69, 9.17) is 17.0 Å².